The molecule has 3 aromatic carbocycles. The Bertz CT molecular complexity index is 1230. The molecular weight excluding hydrogens is 463 g/mol. The van der Waals surface area contributed by atoms with Gasteiger partial charge in [-0.25, -0.2) is 4.98 Å². The second-order valence-electron chi connectivity index (χ2n) is 7.60. The van der Waals surface area contributed by atoms with Gasteiger partial charge in [0.05, 0.1) is 22.9 Å². The summed E-state index contributed by atoms with van der Waals surface area (Å²) in [5.74, 6) is 0.813. The van der Waals surface area contributed by atoms with E-state index in [9.17, 15) is 13.2 Å². The molecule has 2 N–H and O–H groups in total. The molecule has 5 nitrogen and oxygen atoms in total. The summed E-state index contributed by atoms with van der Waals surface area (Å²) in [6.07, 6.45) is -4.44. The van der Waals surface area contributed by atoms with E-state index in [-0.39, 0.29) is 12.2 Å². The average molecular weight is 488 g/mol. The predicted molar refractivity (Wildman–Crippen MR) is 128 cm³/mol. The molecule has 0 saturated carbocycles. The van der Waals surface area contributed by atoms with Crippen LogP contribution in [0.1, 0.15) is 16.7 Å². The number of methoxy groups -OCH3 is 1. The first-order chi connectivity index (χ1) is 16.4. The zero-order valence-corrected chi connectivity index (χ0v) is 19.3. The van der Waals surface area contributed by atoms with Crippen LogP contribution in [0.15, 0.2) is 66.7 Å². The molecule has 1 heterocycles. The summed E-state index contributed by atoms with van der Waals surface area (Å²) in [7, 11) is 1.50. The van der Waals surface area contributed by atoms with Crippen LogP contribution in [0.4, 0.5) is 18.3 Å². The highest BCUT2D eigenvalue weighted by molar-refractivity contribution is 7.22. The van der Waals surface area contributed by atoms with Gasteiger partial charge in [-0.1, -0.05) is 47.7 Å². The van der Waals surface area contributed by atoms with Crippen molar-refractivity contribution >= 4 is 26.7 Å². The lowest BCUT2D eigenvalue weighted by molar-refractivity contribution is -0.138. The van der Waals surface area contributed by atoms with Gasteiger partial charge in [-0.2, -0.15) is 13.2 Å². The van der Waals surface area contributed by atoms with Gasteiger partial charge in [0.15, 0.2) is 16.6 Å². The van der Waals surface area contributed by atoms with E-state index in [1.807, 2.05) is 36.4 Å². The van der Waals surface area contributed by atoms with Gasteiger partial charge in [-0.3, -0.25) is 0 Å². The normalized spacial score (nSPS) is 11.6. The fraction of sp³-hybridized carbons (Fsp3) is 0.240. The predicted octanol–water partition coefficient (Wildman–Crippen LogP) is 5.87. The molecule has 178 valence electrons. The van der Waals surface area contributed by atoms with Crippen LogP contribution in [-0.4, -0.2) is 25.2 Å². The summed E-state index contributed by atoms with van der Waals surface area (Å²) >= 11 is 1.60. The largest absolute Gasteiger partial charge is 0.493 e. The minimum Gasteiger partial charge on any atom is -0.493 e. The third kappa shape index (κ3) is 5.43. The first kappa shape index (κ1) is 23.8. The summed E-state index contributed by atoms with van der Waals surface area (Å²) in [6.45, 7) is 1.41. The molecule has 0 unspecified atom stereocenters. The third-order valence-electron chi connectivity index (χ3n) is 5.26. The maximum Gasteiger partial charge on any atom is 0.416 e. The highest BCUT2D eigenvalue weighted by Gasteiger charge is 2.33. The Balaban J connectivity index is 1.52. The molecule has 0 saturated heterocycles. The summed E-state index contributed by atoms with van der Waals surface area (Å²) in [5.41, 5.74) is 7.07. The Hall–Kier alpha value is -3.30. The number of anilines is 1. The molecule has 0 bridgehead atoms. The monoisotopic (exact) mass is 487 g/mol. The third-order valence-corrected chi connectivity index (χ3v) is 6.36. The molecule has 9 heteroatoms. The van der Waals surface area contributed by atoms with Crippen molar-refractivity contribution in [3.63, 3.8) is 0 Å². The molecule has 1 aromatic heterocycles. The van der Waals surface area contributed by atoms with Crippen LogP contribution in [0.25, 0.3) is 10.2 Å². The highest BCUT2D eigenvalue weighted by atomic mass is 32.1. The van der Waals surface area contributed by atoms with E-state index in [1.54, 1.807) is 23.5 Å². The summed E-state index contributed by atoms with van der Waals surface area (Å²) in [5, 5.41) is 0.870. The van der Waals surface area contributed by atoms with Crippen molar-refractivity contribution in [1.82, 2.24) is 4.98 Å². The molecule has 4 aromatic rings. The Morgan fingerprint density at radius 3 is 2.50 bits per heavy atom. The molecule has 0 fully saturated rings. The van der Waals surface area contributed by atoms with Gasteiger partial charge < -0.3 is 20.1 Å². The number of para-hydroxylation sites is 1. The summed E-state index contributed by atoms with van der Waals surface area (Å²) in [4.78, 5) is 6.82. The Morgan fingerprint density at radius 1 is 1.00 bits per heavy atom. The highest BCUT2D eigenvalue weighted by Crippen LogP contribution is 2.35. The van der Waals surface area contributed by atoms with Gasteiger partial charge in [0.25, 0.3) is 0 Å². The van der Waals surface area contributed by atoms with E-state index in [1.165, 1.54) is 19.2 Å². The number of hydrogen-bond acceptors (Lipinski definition) is 6. The van der Waals surface area contributed by atoms with E-state index in [0.717, 1.165) is 27.0 Å². The van der Waals surface area contributed by atoms with Crippen molar-refractivity contribution in [2.24, 2.45) is 5.73 Å². The minimum atomic E-state index is -4.44. The standard InChI is InChI=1S/C25H24F3N3O2S/c1-32-22-14-17(15-31(13-12-29)24-30-20-8-4-5-9-23(20)34-24)10-11-21(22)33-16-18-6-2-3-7-19(18)25(26,27)28/h2-11,14H,12-13,15-16,29H2,1H3. The maximum atomic E-state index is 13.3. The topological polar surface area (TPSA) is 60.6 Å². The van der Waals surface area contributed by atoms with Crippen LogP contribution in [0.3, 0.4) is 0 Å². The smallest absolute Gasteiger partial charge is 0.416 e. The number of nitrogens with two attached hydrogens (primary N) is 1. The fourth-order valence-electron chi connectivity index (χ4n) is 3.62. The van der Waals surface area contributed by atoms with Crippen LogP contribution in [0.2, 0.25) is 0 Å². The minimum absolute atomic E-state index is 0.0612. The van der Waals surface area contributed by atoms with Gasteiger partial charge in [-0.05, 0) is 35.9 Å². The number of benzene rings is 3. The average Bonchev–Trinajstić information content (AvgIpc) is 3.27. The van der Waals surface area contributed by atoms with E-state index >= 15 is 0 Å². The van der Waals surface area contributed by atoms with Crippen molar-refractivity contribution in [3.05, 3.63) is 83.4 Å². The zero-order chi connectivity index (χ0) is 24.1. The lowest BCUT2D eigenvalue weighted by Gasteiger charge is -2.22. The quantitative estimate of drug-likeness (QED) is 0.320. The van der Waals surface area contributed by atoms with E-state index in [0.29, 0.717) is 31.1 Å². The van der Waals surface area contributed by atoms with E-state index in [2.05, 4.69) is 4.90 Å². The van der Waals surface area contributed by atoms with Gasteiger partial charge >= 0.3 is 6.18 Å². The number of ether oxygens (including phenoxy) is 2. The molecule has 0 radical (unpaired) electrons. The molecule has 0 aliphatic rings. The van der Waals surface area contributed by atoms with Gasteiger partial charge in [0.1, 0.15) is 6.61 Å². The molecular formula is C25H24F3N3O2S. The number of alkyl halides is 3. The van der Waals surface area contributed by atoms with Crippen molar-refractivity contribution in [3.8, 4) is 11.5 Å². The van der Waals surface area contributed by atoms with Crippen LogP contribution >= 0.6 is 11.3 Å². The van der Waals surface area contributed by atoms with Crippen molar-refractivity contribution in [2.45, 2.75) is 19.3 Å². The van der Waals surface area contributed by atoms with E-state index in [4.69, 9.17) is 20.2 Å². The molecule has 0 aliphatic heterocycles. The number of nitrogens with zero attached hydrogens (tertiary/aromatic N) is 2. The Kier molecular flexibility index (Phi) is 7.23. The van der Waals surface area contributed by atoms with Crippen molar-refractivity contribution in [2.75, 3.05) is 25.1 Å². The molecule has 0 aliphatic carbocycles. The molecule has 0 spiro atoms. The SMILES string of the molecule is COc1cc(CN(CCN)c2nc3ccccc3s2)ccc1OCc1ccccc1C(F)(F)F. The Morgan fingerprint density at radius 2 is 1.76 bits per heavy atom. The molecule has 0 amide bonds. The van der Waals surface area contributed by atoms with Crippen LogP contribution in [0, 0.1) is 0 Å². The number of fused-ring (bicyclic) bond motifs is 1. The lowest BCUT2D eigenvalue weighted by Crippen LogP contribution is -2.28. The first-order valence-electron chi connectivity index (χ1n) is 10.6. The lowest BCUT2D eigenvalue weighted by atomic mass is 10.1. The van der Waals surface area contributed by atoms with Crippen molar-refractivity contribution < 1.29 is 22.6 Å². The number of thiazole rings is 1. The van der Waals surface area contributed by atoms with Crippen LogP contribution in [0.5, 0.6) is 11.5 Å². The maximum absolute atomic E-state index is 13.3. The first-order valence-corrected chi connectivity index (χ1v) is 11.5. The Labute approximate surface area is 199 Å². The van der Waals surface area contributed by atoms with Crippen molar-refractivity contribution in [1.29, 1.82) is 0 Å². The second kappa shape index (κ2) is 10.3. The van der Waals surface area contributed by atoms with Crippen LogP contribution in [-0.2, 0) is 19.3 Å². The number of rotatable bonds is 9. The van der Waals surface area contributed by atoms with Gasteiger partial charge in [-0.15, -0.1) is 0 Å². The molecule has 0 atom stereocenters. The molecule has 4 rings (SSSR count). The zero-order valence-electron chi connectivity index (χ0n) is 18.5. The van der Waals surface area contributed by atoms with Gasteiger partial charge in [0.2, 0.25) is 0 Å². The molecule has 34 heavy (non-hydrogen) atoms. The summed E-state index contributed by atoms with van der Waals surface area (Å²) in [6, 6.07) is 18.7. The number of aromatic nitrogens is 1. The van der Waals surface area contributed by atoms with E-state index < -0.39 is 11.7 Å². The second-order valence-corrected chi connectivity index (χ2v) is 8.61. The van der Waals surface area contributed by atoms with Crippen LogP contribution < -0.4 is 20.1 Å². The van der Waals surface area contributed by atoms with Gasteiger partial charge in [0, 0.05) is 25.2 Å². The number of halogens is 3. The summed E-state index contributed by atoms with van der Waals surface area (Å²) < 4.78 is 52.1. The number of hydrogen-bond donors (Lipinski definition) is 1. The fourth-order valence-corrected chi connectivity index (χ4v) is 4.61.